The van der Waals surface area contributed by atoms with E-state index in [2.05, 4.69) is 20.0 Å². The van der Waals surface area contributed by atoms with Crippen molar-refractivity contribution in [1.29, 1.82) is 0 Å². The standard InChI is InChI=1S/C21H21Cl2N9S/c22-12-9-29-32-11-21(17(24)16(12)32)2-6-30(7-3-21)20-28-10-14(19-27-5-8-31(19)20)33-13-1-4-26-18(25)15(13)23/h1,4-5,8-10,17H,2-3,6-7,11,24H2,(H2,25,26)/t17-/m1/s1. The van der Waals surface area contributed by atoms with E-state index in [9.17, 15) is 0 Å². The van der Waals surface area contributed by atoms with E-state index < -0.39 is 0 Å². The topological polar surface area (TPSA) is 116 Å². The summed E-state index contributed by atoms with van der Waals surface area (Å²) < 4.78 is 3.99. The number of imidazole rings is 1. The lowest BCUT2D eigenvalue weighted by molar-refractivity contribution is 0.170. The predicted octanol–water partition coefficient (Wildman–Crippen LogP) is 3.66. The third kappa shape index (κ3) is 3.27. The van der Waals surface area contributed by atoms with Crippen LogP contribution in [0, 0.1) is 5.41 Å². The van der Waals surface area contributed by atoms with E-state index in [0.29, 0.717) is 15.9 Å². The normalized spacial score (nSPS) is 19.5. The summed E-state index contributed by atoms with van der Waals surface area (Å²) in [7, 11) is 0. The summed E-state index contributed by atoms with van der Waals surface area (Å²) in [5.41, 5.74) is 14.3. The minimum atomic E-state index is -0.104. The first-order chi connectivity index (χ1) is 16.0. The molecule has 2 aliphatic heterocycles. The number of aromatic nitrogens is 6. The van der Waals surface area contributed by atoms with Crippen molar-refractivity contribution in [3.05, 3.63) is 52.8 Å². The van der Waals surface area contributed by atoms with Crippen LogP contribution in [0.25, 0.3) is 5.65 Å². The zero-order chi connectivity index (χ0) is 22.7. The highest BCUT2D eigenvalue weighted by molar-refractivity contribution is 7.99. The van der Waals surface area contributed by atoms with Crippen molar-refractivity contribution in [2.45, 2.75) is 35.2 Å². The zero-order valence-corrected chi connectivity index (χ0v) is 19.9. The quantitative estimate of drug-likeness (QED) is 0.436. The van der Waals surface area contributed by atoms with Gasteiger partial charge in [0.2, 0.25) is 5.95 Å². The van der Waals surface area contributed by atoms with Gasteiger partial charge in [-0.1, -0.05) is 35.0 Å². The second kappa shape index (κ2) is 7.76. The van der Waals surface area contributed by atoms with E-state index in [1.165, 1.54) is 11.8 Å². The van der Waals surface area contributed by atoms with Gasteiger partial charge in [-0.3, -0.25) is 9.08 Å². The van der Waals surface area contributed by atoms with E-state index in [0.717, 1.165) is 59.6 Å². The fourth-order valence-electron chi connectivity index (χ4n) is 4.94. The number of nitrogens with zero attached hydrogens (tertiary/aromatic N) is 7. The molecule has 12 heteroatoms. The van der Waals surface area contributed by atoms with Crippen LogP contribution in [0.3, 0.4) is 0 Å². The highest BCUT2D eigenvalue weighted by atomic mass is 35.5. The van der Waals surface area contributed by atoms with Crippen molar-refractivity contribution in [2.24, 2.45) is 11.1 Å². The minimum Gasteiger partial charge on any atom is -0.382 e. The van der Waals surface area contributed by atoms with Gasteiger partial charge in [-0.2, -0.15) is 5.10 Å². The van der Waals surface area contributed by atoms with Crippen molar-refractivity contribution in [3.8, 4) is 0 Å². The highest BCUT2D eigenvalue weighted by Crippen LogP contribution is 2.49. The molecule has 0 unspecified atom stereocenters. The maximum Gasteiger partial charge on any atom is 0.211 e. The van der Waals surface area contributed by atoms with Crippen molar-refractivity contribution in [3.63, 3.8) is 0 Å². The molecule has 4 N–H and O–H groups in total. The molecule has 6 rings (SSSR count). The van der Waals surface area contributed by atoms with Crippen molar-refractivity contribution in [2.75, 3.05) is 23.7 Å². The second-order valence-corrected chi connectivity index (χ2v) is 10.4. The van der Waals surface area contributed by atoms with Gasteiger partial charge in [0.25, 0.3) is 0 Å². The Morgan fingerprint density at radius 2 is 1.88 bits per heavy atom. The summed E-state index contributed by atoms with van der Waals surface area (Å²) >= 11 is 14.1. The van der Waals surface area contributed by atoms with E-state index in [1.54, 1.807) is 18.6 Å². The second-order valence-electron chi connectivity index (χ2n) is 8.52. The first-order valence-corrected chi connectivity index (χ1v) is 12.2. The molecule has 0 saturated carbocycles. The number of piperidine rings is 1. The third-order valence-corrected chi connectivity index (χ3v) is 8.64. The molecule has 6 heterocycles. The number of nitrogen functional groups attached to an aromatic ring is 1. The van der Waals surface area contributed by atoms with Gasteiger partial charge in [-0.15, -0.1) is 0 Å². The van der Waals surface area contributed by atoms with Gasteiger partial charge in [-0.05, 0) is 18.9 Å². The van der Waals surface area contributed by atoms with E-state index in [1.807, 2.05) is 27.5 Å². The Labute approximate surface area is 204 Å². The van der Waals surface area contributed by atoms with Crippen LogP contribution in [0.4, 0.5) is 11.8 Å². The molecule has 170 valence electrons. The molecule has 0 amide bonds. The summed E-state index contributed by atoms with van der Waals surface area (Å²) in [4.78, 5) is 17.4. The first-order valence-electron chi connectivity index (χ1n) is 10.6. The lowest BCUT2D eigenvalue weighted by atomic mass is 9.74. The maximum atomic E-state index is 6.65. The number of rotatable bonds is 3. The maximum absolute atomic E-state index is 6.65. The Balaban J connectivity index is 1.25. The van der Waals surface area contributed by atoms with Gasteiger partial charge >= 0.3 is 0 Å². The molecule has 1 fully saturated rings. The van der Waals surface area contributed by atoms with Crippen LogP contribution in [-0.4, -0.2) is 42.2 Å². The molecule has 4 aromatic rings. The summed E-state index contributed by atoms with van der Waals surface area (Å²) in [5.74, 6) is 1.17. The Bertz CT molecular complexity index is 1360. The van der Waals surface area contributed by atoms with Gasteiger partial charge in [0.1, 0.15) is 5.82 Å². The molecule has 0 radical (unpaired) electrons. The van der Waals surface area contributed by atoms with Crippen LogP contribution in [0.1, 0.15) is 24.6 Å². The van der Waals surface area contributed by atoms with Crippen molar-refractivity contribution in [1.82, 2.24) is 29.1 Å². The molecule has 4 aromatic heterocycles. The Morgan fingerprint density at radius 1 is 1.06 bits per heavy atom. The molecule has 0 bridgehead atoms. The number of nitrogens with two attached hydrogens (primary N) is 2. The Morgan fingerprint density at radius 3 is 2.67 bits per heavy atom. The number of halogens is 2. The number of anilines is 2. The number of hydrogen-bond acceptors (Lipinski definition) is 8. The third-order valence-electron chi connectivity index (χ3n) is 6.77. The van der Waals surface area contributed by atoms with Gasteiger partial charge < -0.3 is 16.4 Å². The average Bonchev–Trinajstić information content (AvgIpc) is 3.50. The number of pyridine rings is 1. The van der Waals surface area contributed by atoms with E-state index >= 15 is 0 Å². The summed E-state index contributed by atoms with van der Waals surface area (Å²) in [6.45, 7) is 2.49. The molecule has 33 heavy (non-hydrogen) atoms. The van der Waals surface area contributed by atoms with Crippen LogP contribution in [-0.2, 0) is 6.54 Å². The molecule has 1 saturated heterocycles. The molecule has 1 spiro atoms. The van der Waals surface area contributed by atoms with Gasteiger partial charge in [0.05, 0.1) is 32.9 Å². The fourth-order valence-corrected chi connectivity index (χ4v) is 6.34. The largest absolute Gasteiger partial charge is 0.382 e. The zero-order valence-electron chi connectivity index (χ0n) is 17.5. The lowest BCUT2D eigenvalue weighted by Crippen LogP contribution is -2.45. The number of fused-ring (bicyclic) bond motifs is 2. The van der Waals surface area contributed by atoms with Crippen molar-refractivity contribution >= 4 is 52.4 Å². The summed E-state index contributed by atoms with van der Waals surface area (Å²) in [5, 5.41) is 5.50. The number of hydrogen-bond donors (Lipinski definition) is 2. The summed E-state index contributed by atoms with van der Waals surface area (Å²) in [6.07, 6.45) is 10.8. The van der Waals surface area contributed by atoms with Gasteiger partial charge in [-0.25, -0.2) is 15.0 Å². The van der Waals surface area contributed by atoms with Crippen LogP contribution in [0.15, 0.2) is 46.8 Å². The monoisotopic (exact) mass is 501 g/mol. The lowest BCUT2D eigenvalue weighted by Gasteiger charge is -2.41. The average molecular weight is 502 g/mol. The van der Waals surface area contributed by atoms with Gasteiger partial charge in [0.15, 0.2) is 5.65 Å². The predicted molar refractivity (Wildman–Crippen MR) is 129 cm³/mol. The van der Waals surface area contributed by atoms with Crippen LogP contribution >= 0.6 is 35.0 Å². The minimum absolute atomic E-state index is 0.0222. The van der Waals surface area contributed by atoms with Crippen molar-refractivity contribution < 1.29 is 0 Å². The van der Waals surface area contributed by atoms with Crippen LogP contribution < -0.4 is 16.4 Å². The van der Waals surface area contributed by atoms with Gasteiger partial charge in [0, 0.05) is 54.7 Å². The first kappa shape index (κ1) is 21.0. The van der Waals surface area contributed by atoms with E-state index in [4.69, 9.17) is 39.7 Å². The molecule has 9 nitrogen and oxygen atoms in total. The Kier molecular flexibility index (Phi) is 4.95. The van der Waals surface area contributed by atoms with Crippen LogP contribution in [0.5, 0.6) is 0 Å². The molecule has 0 aromatic carbocycles. The summed E-state index contributed by atoms with van der Waals surface area (Å²) in [6, 6.07) is 1.73. The van der Waals surface area contributed by atoms with Crippen LogP contribution in [0.2, 0.25) is 10.0 Å². The Hall–Kier alpha value is -2.53. The van der Waals surface area contributed by atoms with E-state index in [-0.39, 0.29) is 11.5 Å². The fraction of sp³-hybridized carbons (Fsp3) is 0.333. The molecule has 0 aliphatic carbocycles. The molecular formula is C21H21Cl2N9S. The highest BCUT2D eigenvalue weighted by Gasteiger charge is 2.48. The SMILES string of the molecule is Nc1nccc(Sc2cnc(N3CCC4(CC3)Cn3ncc(Cl)c3[C@H]4N)n3ccnc23)c1Cl. The molecule has 1 atom stereocenters. The molecular weight excluding hydrogens is 481 g/mol. The molecule has 2 aliphatic rings. The smallest absolute Gasteiger partial charge is 0.211 e.